The molecule has 11 heteroatoms. The number of aromatic nitrogens is 3. The number of carbonyl (C=O) groups excluding carboxylic acids is 1. The van der Waals surface area contributed by atoms with Crippen LogP contribution >= 0.6 is 0 Å². The number of hydrogen-bond donors (Lipinski definition) is 0. The third-order valence-electron chi connectivity index (χ3n) is 6.69. The molecule has 2 aromatic heterocycles. The number of ether oxygens (including phenoxy) is 1. The molecule has 1 unspecified atom stereocenters. The van der Waals surface area contributed by atoms with Crippen LogP contribution in [0.25, 0.3) is 0 Å². The molecule has 8 nitrogen and oxygen atoms in total. The number of aryl methyl sites for hydroxylation is 1. The second kappa shape index (κ2) is 7.03. The number of morpholine rings is 1. The van der Waals surface area contributed by atoms with Gasteiger partial charge in [0.25, 0.3) is 5.56 Å². The summed E-state index contributed by atoms with van der Waals surface area (Å²) in [7, 11) is 0. The summed E-state index contributed by atoms with van der Waals surface area (Å²) in [6, 6.07) is 4.41. The Bertz CT molecular complexity index is 1150. The van der Waals surface area contributed by atoms with E-state index in [1.54, 1.807) is 13.0 Å². The molecule has 5 heterocycles. The van der Waals surface area contributed by atoms with Crippen LogP contribution in [0.15, 0.2) is 29.2 Å². The van der Waals surface area contributed by atoms with Gasteiger partial charge in [0.1, 0.15) is 5.82 Å². The molecule has 0 aromatic carbocycles. The number of ketones is 1. The lowest BCUT2D eigenvalue weighted by Gasteiger charge is -2.36. The van der Waals surface area contributed by atoms with Crippen LogP contribution in [0.3, 0.4) is 0 Å². The van der Waals surface area contributed by atoms with E-state index < -0.39 is 36.1 Å². The molecule has 32 heavy (non-hydrogen) atoms. The van der Waals surface area contributed by atoms with E-state index in [2.05, 4.69) is 9.97 Å². The van der Waals surface area contributed by atoms with E-state index in [1.165, 1.54) is 18.3 Å². The van der Waals surface area contributed by atoms with Gasteiger partial charge in [0, 0.05) is 30.1 Å². The van der Waals surface area contributed by atoms with Crippen LogP contribution in [0.2, 0.25) is 0 Å². The topological polar surface area (TPSA) is 80.6 Å². The van der Waals surface area contributed by atoms with Gasteiger partial charge in [-0.15, -0.1) is 0 Å². The number of pyridine rings is 1. The lowest BCUT2D eigenvalue weighted by Crippen LogP contribution is -2.57. The highest BCUT2D eigenvalue weighted by Gasteiger charge is 2.60. The number of carbonyl (C=O) groups is 1. The Kier molecular flexibility index (Phi) is 4.59. The smallest absolute Gasteiger partial charge is 0.374 e. The minimum Gasteiger partial charge on any atom is -0.374 e. The summed E-state index contributed by atoms with van der Waals surface area (Å²) in [6.45, 7) is 2.44. The van der Waals surface area contributed by atoms with Crippen molar-refractivity contribution in [2.45, 2.75) is 50.7 Å². The van der Waals surface area contributed by atoms with Crippen molar-refractivity contribution >= 4 is 17.5 Å². The molecule has 0 spiro atoms. The van der Waals surface area contributed by atoms with Crippen LogP contribution in [0.5, 0.6) is 0 Å². The van der Waals surface area contributed by atoms with E-state index in [0.29, 0.717) is 24.7 Å². The predicted molar refractivity (Wildman–Crippen MR) is 109 cm³/mol. The van der Waals surface area contributed by atoms with Crippen molar-refractivity contribution in [3.8, 4) is 0 Å². The minimum atomic E-state index is -4.70. The Morgan fingerprint density at radius 2 is 2.16 bits per heavy atom. The molecule has 170 valence electrons. The quantitative estimate of drug-likeness (QED) is 0.660. The summed E-state index contributed by atoms with van der Waals surface area (Å²) >= 11 is 0. The van der Waals surface area contributed by atoms with E-state index >= 15 is 0 Å². The maximum atomic E-state index is 14.2. The van der Waals surface area contributed by atoms with Gasteiger partial charge in [-0.25, -0.2) is 0 Å². The van der Waals surface area contributed by atoms with Crippen molar-refractivity contribution < 1.29 is 22.7 Å². The van der Waals surface area contributed by atoms with Crippen molar-refractivity contribution in [1.29, 1.82) is 0 Å². The molecule has 2 fully saturated rings. The zero-order chi connectivity index (χ0) is 22.8. The molecule has 3 aliphatic rings. The number of rotatable bonds is 4. The third-order valence-corrected chi connectivity index (χ3v) is 6.69. The van der Waals surface area contributed by atoms with Crippen LogP contribution in [-0.2, 0) is 11.3 Å². The van der Waals surface area contributed by atoms with Crippen LogP contribution in [-0.4, -0.2) is 63.9 Å². The van der Waals surface area contributed by atoms with Crippen LogP contribution < -0.4 is 15.4 Å². The standard InChI is InChI=1S/C21H22F3N5O3/c1-12-15(4-3-5-25-12)16(30)9-29-19-26-17(27-8-14-6-13(27)10-32-14)7-18(31)28(19)11-20(29,2)21(22,23)24/h3-5,7,13-14H,6,8-11H2,1-2H3/t13-,14-,20?/m0/s1. The number of alkyl halides is 3. The second-order valence-corrected chi connectivity index (χ2v) is 8.75. The number of halogens is 3. The largest absolute Gasteiger partial charge is 0.413 e. The van der Waals surface area contributed by atoms with Crippen molar-refractivity contribution in [2.24, 2.45) is 0 Å². The van der Waals surface area contributed by atoms with Gasteiger partial charge in [0.2, 0.25) is 5.95 Å². The zero-order valence-electron chi connectivity index (χ0n) is 17.6. The number of fused-ring (bicyclic) bond motifs is 3. The molecule has 0 aliphatic carbocycles. The van der Waals surface area contributed by atoms with Gasteiger partial charge in [-0.2, -0.15) is 18.2 Å². The first-order valence-corrected chi connectivity index (χ1v) is 10.4. The maximum absolute atomic E-state index is 14.2. The van der Waals surface area contributed by atoms with Gasteiger partial charge in [-0.3, -0.25) is 19.1 Å². The second-order valence-electron chi connectivity index (χ2n) is 8.75. The molecule has 3 atom stereocenters. The summed E-state index contributed by atoms with van der Waals surface area (Å²) < 4.78 is 49.2. The molecule has 0 radical (unpaired) electrons. The van der Waals surface area contributed by atoms with Gasteiger partial charge in [-0.1, -0.05) is 0 Å². The highest BCUT2D eigenvalue weighted by molar-refractivity contribution is 6.00. The summed E-state index contributed by atoms with van der Waals surface area (Å²) in [4.78, 5) is 37.2. The molecular weight excluding hydrogens is 427 g/mol. The molecule has 3 aliphatic heterocycles. The highest BCUT2D eigenvalue weighted by Crippen LogP contribution is 2.44. The monoisotopic (exact) mass is 449 g/mol. The zero-order valence-corrected chi connectivity index (χ0v) is 17.6. The van der Waals surface area contributed by atoms with E-state index in [9.17, 15) is 22.8 Å². The van der Waals surface area contributed by atoms with Gasteiger partial charge in [0.15, 0.2) is 11.3 Å². The molecule has 5 rings (SSSR count). The van der Waals surface area contributed by atoms with E-state index in [1.807, 2.05) is 4.90 Å². The van der Waals surface area contributed by atoms with Crippen LogP contribution in [0, 0.1) is 6.92 Å². The highest BCUT2D eigenvalue weighted by atomic mass is 19.4. The molecule has 2 saturated heterocycles. The van der Waals surface area contributed by atoms with Crippen molar-refractivity contribution in [3.05, 3.63) is 46.0 Å². The number of nitrogens with zero attached hydrogens (tertiary/aromatic N) is 5. The first-order valence-electron chi connectivity index (χ1n) is 10.4. The lowest BCUT2D eigenvalue weighted by atomic mass is 9.99. The number of anilines is 2. The summed E-state index contributed by atoms with van der Waals surface area (Å²) in [5.41, 5.74) is -2.36. The summed E-state index contributed by atoms with van der Waals surface area (Å²) in [6.07, 6.45) is -2.36. The average Bonchev–Trinajstić information content (AvgIpc) is 3.43. The Labute approximate surface area is 181 Å². The molecule has 2 aromatic rings. The lowest BCUT2D eigenvalue weighted by molar-refractivity contribution is -0.181. The van der Waals surface area contributed by atoms with Crippen molar-refractivity contribution in [3.63, 3.8) is 0 Å². The number of hydrogen-bond acceptors (Lipinski definition) is 7. The van der Waals surface area contributed by atoms with Crippen molar-refractivity contribution in [2.75, 3.05) is 29.5 Å². The Balaban J connectivity index is 1.57. The Morgan fingerprint density at radius 1 is 1.38 bits per heavy atom. The van der Waals surface area contributed by atoms with Crippen molar-refractivity contribution in [1.82, 2.24) is 14.5 Å². The van der Waals surface area contributed by atoms with Gasteiger partial charge in [-0.05, 0) is 32.4 Å². The summed E-state index contributed by atoms with van der Waals surface area (Å²) in [5, 5.41) is 0. The fourth-order valence-electron chi connectivity index (χ4n) is 4.77. The predicted octanol–water partition coefficient (Wildman–Crippen LogP) is 1.95. The summed E-state index contributed by atoms with van der Waals surface area (Å²) in [5.74, 6) is -0.350. The fourth-order valence-corrected chi connectivity index (χ4v) is 4.77. The Morgan fingerprint density at radius 3 is 2.78 bits per heavy atom. The van der Waals surface area contributed by atoms with Crippen LogP contribution in [0.1, 0.15) is 29.4 Å². The van der Waals surface area contributed by atoms with Gasteiger partial charge < -0.3 is 14.5 Å². The fraction of sp³-hybridized carbons (Fsp3) is 0.524. The number of Topliss-reactive ketones (excluding diaryl/α,β-unsaturated/α-hetero) is 1. The molecule has 0 N–H and O–H groups in total. The maximum Gasteiger partial charge on any atom is 0.413 e. The van der Waals surface area contributed by atoms with Gasteiger partial charge >= 0.3 is 6.18 Å². The van der Waals surface area contributed by atoms with E-state index in [4.69, 9.17) is 4.74 Å². The molecule has 0 amide bonds. The average molecular weight is 449 g/mol. The first kappa shape index (κ1) is 20.9. The first-order chi connectivity index (χ1) is 15.1. The van der Waals surface area contributed by atoms with E-state index in [-0.39, 0.29) is 23.7 Å². The third kappa shape index (κ3) is 3.09. The van der Waals surface area contributed by atoms with Crippen LogP contribution in [0.4, 0.5) is 24.9 Å². The molecule has 0 saturated carbocycles. The Hall–Kier alpha value is -2.95. The molecular formula is C21H22F3N5O3. The van der Waals surface area contributed by atoms with Gasteiger partial charge in [0.05, 0.1) is 31.8 Å². The molecule has 2 bridgehead atoms. The SMILES string of the molecule is Cc1ncccc1C(=O)CN1c2nc(N3C[C@@H]4C[C@H]3CO4)cc(=O)n2CC1(C)C(F)(F)F. The van der Waals surface area contributed by atoms with E-state index in [0.717, 1.165) is 22.8 Å². The normalized spacial score (nSPS) is 26.7. The minimum absolute atomic E-state index is 0.0319.